The molecule has 2 rings (SSSR count). The first-order valence-corrected chi connectivity index (χ1v) is 7.24. The molecule has 2 N–H and O–H groups in total. The number of para-hydroxylation sites is 1. The van der Waals surface area contributed by atoms with Crippen molar-refractivity contribution in [3.8, 4) is 11.5 Å². The number of aromatic hydroxyl groups is 1. The van der Waals surface area contributed by atoms with E-state index in [1.54, 1.807) is 6.07 Å². The van der Waals surface area contributed by atoms with E-state index in [-0.39, 0.29) is 5.75 Å². The molecule has 2 aromatic rings. The number of ether oxygens (including phenoxy) is 1. The number of benzene rings is 2. The van der Waals surface area contributed by atoms with Gasteiger partial charge in [0.25, 0.3) is 0 Å². The summed E-state index contributed by atoms with van der Waals surface area (Å²) < 4.78 is 7.05. The molecule has 0 radical (unpaired) electrons. The number of methoxy groups -OCH3 is 1. The maximum absolute atomic E-state index is 10.00. The van der Waals surface area contributed by atoms with E-state index in [2.05, 4.69) is 37.2 Å². The van der Waals surface area contributed by atoms with Gasteiger partial charge < -0.3 is 15.2 Å². The largest absolute Gasteiger partial charge is 0.504 e. The minimum absolute atomic E-state index is 0.172. The van der Waals surface area contributed by atoms with Crippen molar-refractivity contribution >= 4 is 37.5 Å². The van der Waals surface area contributed by atoms with Gasteiger partial charge in [0.2, 0.25) is 0 Å². The van der Waals surface area contributed by atoms with Crippen LogP contribution in [0.2, 0.25) is 0 Å². The zero-order valence-electron chi connectivity index (χ0n) is 10.3. The van der Waals surface area contributed by atoms with E-state index in [4.69, 9.17) is 4.74 Å². The van der Waals surface area contributed by atoms with Crippen molar-refractivity contribution in [2.24, 2.45) is 0 Å². The highest BCUT2D eigenvalue weighted by atomic mass is 79.9. The van der Waals surface area contributed by atoms with E-state index in [9.17, 15) is 5.11 Å². The van der Waals surface area contributed by atoms with Gasteiger partial charge in [-0.1, -0.05) is 28.1 Å². The number of anilines is 1. The van der Waals surface area contributed by atoms with Crippen molar-refractivity contribution in [2.45, 2.75) is 6.54 Å². The van der Waals surface area contributed by atoms with Crippen molar-refractivity contribution in [3.63, 3.8) is 0 Å². The van der Waals surface area contributed by atoms with Crippen LogP contribution in [0.1, 0.15) is 5.56 Å². The van der Waals surface area contributed by atoms with Gasteiger partial charge >= 0.3 is 0 Å². The number of rotatable bonds is 4. The van der Waals surface area contributed by atoms with Crippen LogP contribution in [0, 0.1) is 0 Å². The van der Waals surface area contributed by atoms with Crippen LogP contribution in [0.25, 0.3) is 0 Å². The molecule has 2 aromatic carbocycles. The third-order valence-corrected chi connectivity index (χ3v) is 3.85. The fraction of sp³-hybridized carbons (Fsp3) is 0.143. The molecule has 0 saturated heterocycles. The Bertz CT molecular complexity index is 588. The molecular formula is C14H13Br2NO2. The molecule has 0 aliphatic rings. The van der Waals surface area contributed by atoms with E-state index >= 15 is 0 Å². The molecular weight excluding hydrogens is 374 g/mol. The van der Waals surface area contributed by atoms with Crippen molar-refractivity contribution in [1.82, 2.24) is 0 Å². The average molecular weight is 387 g/mol. The summed E-state index contributed by atoms with van der Waals surface area (Å²) in [6.45, 7) is 0.517. The van der Waals surface area contributed by atoms with Crippen LogP contribution in [-0.2, 0) is 6.54 Å². The molecule has 100 valence electrons. The maximum atomic E-state index is 10.00. The standard InChI is InChI=1S/C14H13Br2NO2/c1-19-13-4-2-3-9(14(13)18)8-17-12-6-5-10(15)7-11(12)16/h2-7,17-18H,8H2,1H3. The highest BCUT2D eigenvalue weighted by Crippen LogP contribution is 2.31. The summed E-state index contributed by atoms with van der Waals surface area (Å²) in [5, 5.41) is 13.3. The fourth-order valence-corrected chi connectivity index (χ4v) is 2.89. The predicted molar refractivity (Wildman–Crippen MR) is 83.8 cm³/mol. The van der Waals surface area contributed by atoms with Crippen LogP contribution >= 0.6 is 31.9 Å². The van der Waals surface area contributed by atoms with Gasteiger partial charge in [0.1, 0.15) is 0 Å². The number of hydrogen-bond donors (Lipinski definition) is 2. The minimum atomic E-state index is 0.172. The van der Waals surface area contributed by atoms with E-state index < -0.39 is 0 Å². The lowest BCUT2D eigenvalue weighted by atomic mass is 10.2. The zero-order valence-corrected chi connectivity index (χ0v) is 13.5. The molecule has 0 unspecified atom stereocenters. The molecule has 0 spiro atoms. The minimum Gasteiger partial charge on any atom is -0.504 e. The van der Waals surface area contributed by atoms with Crippen LogP contribution < -0.4 is 10.1 Å². The summed E-state index contributed by atoms with van der Waals surface area (Å²) in [5.74, 6) is 0.653. The molecule has 3 nitrogen and oxygen atoms in total. The number of phenols is 1. The topological polar surface area (TPSA) is 41.5 Å². The lowest BCUT2D eigenvalue weighted by molar-refractivity contribution is 0.371. The van der Waals surface area contributed by atoms with Crippen LogP contribution in [0.4, 0.5) is 5.69 Å². The second-order valence-electron chi connectivity index (χ2n) is 3.95. The molecule has 0 atom stereocenters. The number of phenolic OH excluding ortho intramolecular Hbond substituents is 1. The molecule has 0 fully saturated rings. The van der Waals surface area contributed by atoms with Crippen LogP contribution in [-0.4, -0.2) is 12.2 Å². The first-order valence-electron chi connectivity index (χ1n) is 5.65. The Morgan fingerprint density at radius 1 is 1.21 bits per heavy atom. The molecule has 19 heavy (non-hydrogen) atoms. The third kappa shape index (κ3) is 3.42. The quantitative estimate of drug-likeness (QED) is 0.810. The summed E-state index contributed by atoms with van der Waals surface area (Å²) in [4.78, 5) is 0. The second kappa shape index (κ2) is 6.30. The van der Waals surface area contributed by atoms with Gasteiger partial charge in [-0.25, -0.2) is 0 Å². The summed E-state index contributed by atoms with van der Waals surface area (Å²) >= 11 is 6.90. The van der Waals surface area contributed by atoms with Crippen LogP contribution in [0.5, 0.6) is 11.5 Å². The van der Waals surface area contributed by atoms with Gasteiger partial charge in [0.15, 0.2) is 11.5 Å². The Labute approximate surface area is 128 Å². The van der Waals surface area contributed by atoms with Crippen molar-refractivity contribution in [3.05, 3.63) is 50.9 Å². The van der Waals surface area contributed by atoms with E-state index in [1.165, 1.54) is 7.11 Å². The van der Waals surface area contributed by atoms with Gasteiger partial charge in [-0.15, -0.1) is 0 Å². The van der Waals surface area contributed by atoms with E-state index in [0.29, 0.717) is 12.3 Å². The molecule has 0 saturated carbocycles. The summed E-state index contributed by atoms with van der Waals surface area (Å²) in [5.41, 5.74) is 1.75. The SMILES string of the molecule is COc1cccc(CNc2ccc(Br)cc2Br)c1O. The molecule has 0 amide bonds. The van der Waals surface area contributed by atoms with Crippen molar-refractivity contribution < 1.29 is 9.84 Å². The molecule has 0 aromatic heterocycles. The summed E-state index contributed by atoms with van der Waals surface area (Å²) in [6, 6.07) is 11.3. The number of nitrogens with one attached hydrogen (secondary N) is 1. The van der Waals surface area contributed by atoms with Gasteiger partial charge in [0, 0.05) is 26.7 Å². The smallest absolute Gasteiger partial charge is 0.162 e. The molecule has 5 heteroatoms. The van der Waals surface area contributed by atoms with Crippen molar-refractivity contribution in [2.75, 3.05) is 12.4 Å². The second-order valence-corrected chi connectivity index (χ2v) is 5.72. The highest BCUT2D eigenvalue weighted by molar-refractivity contribution is 9.11. The Morgan fingerprint density at radius 3 is 2.68 bits per heavy atom. The van der Waals surface area contributed by atoms with E-state index in [0.717, 1.165) is 20.2 Å². The molecule has 0 bridgehead atoms. The van der Waals surface area contributed by atoms with Gasteiger partial charge in [-0.3, -0.25) is 0 Å². The van der Waals surface area contributed by atoms with Gasteiger partial charge in [-0.05, 0) is 40.2 Å². The Morgan fingerprint density at radius 2 is 2.00 bits per heavy atom. The highest BCUT2D eigenvalue weighted by Gasteiger charge is 2.07. The first-order chi connectivity index (χ1) is 9.11. The predicted octanol–water partition coefficient (Wildman–Crippen LogP) is 4.54. The Hall–Kier alpha value is -1.20. The monoisotopic (exact) mass is 385 g/mol. The molecule has 0 heterocycles. The van der Waals surface area contributed by atoms with Crippen molar-refractivity contribution in [1.29, 1.82) is 0 Å². The maximum Gasteiger partial charge on any atom is 0.162 e. The normalized spacial score (nSPS) is 10.3. The summed E-state index contributed by atoms with van der Waals surface area (Å²) in [7, 11) is 1.54. The third-order valence-electron chi connectivity index (χ3n) is 2.70. The fourth-order valence-electron chi connectivity index (χ4n) is 1.70. The van der Waals surface area contributed by atoms with E-state index in [1.807, 2.05) is 30.3 Å². The van der Waals surface area contributed by atoms with Crippen LogP contribution in [0.3, 0.4) is 0 Å². The zero-order chi connectivity index (χ0) is 13.8. The Balaban J connectivity index is 2.14. The lowest BCUT2D eigenvalue weighted by Crippen LogP contribution is -2.01. The van der Waals surface area contributed by atoms with Gasteiger partial charge in [-0.2, -0.15) is 0 Å². The average Bonchev–Trinajstić information content (AvgIpc) is 2.39. The van der Waals surface area contributed by atoms with Crippen LogP contribution in [0.15, 0.2) is 45.3 Å². The lowest BCUT2D eigenvalue weighted by Gasteiger charge is -2.12. The number of halogens is 2. The first kappa shape index (κ1) is 14.2. The Kier molecular flexibility index (Phi) is 4.71. The van der Waals surface area contributed by atoms with Gasteiger partial charge in [0.05, 0.1) is 7.11 Å². The molecule has 0 aliphatic heterocycles. The summed E-state index contributed by atoms with van der Waals surface area (Å²) in [6.07, 6.45) is 0. The molecule has 0 aliphatic carbocycles. The number of hydrogen-bond acceptors (Lipinski definition) is 3.